The average molecular weight is 368 g/mol. The molecule has 0 aliphatic heterocycles. The molecule has 8 nitrogen and oxygen atoms in total. The van der Waals surface area contributed by atoms with E-state index in [1.165, 1.54) is 4.57 Å². The van der Waals surface area contributed by atoms with Crippen molar-refractivity contribution in [3.63, 3.8) is 0 Å². The SMILES string of the molecule is CCC(C)(C)Nc1nc(-c2cnc(N)nc2)cc2ccn(CCO)c(=O)c12. The lowest BCUT2D eigenvalue weighted by molar-refractivity contribution is 0.274. The van der Waals surface area contributed by atoms with E-state index in [0.29, 0.717) is 22.5 Å². The molecule has 0 aromatic carbocycles. The number of aromatic nitrogens is 4. The molecule has 0 amide bonds. The zero-order chi connectivity index (χ0) is 19.6. The fourth-order valence-electron chi connectivity index (χ4n) is 2.70. The summed E-state index contributed by atoms with van der Waals surface area (Å²) in [5.41, 5.74) is 6.49. The summed E-state index contributed by atoms with van der Waals surface area (Å²) < 4.78 is 1.49. The number of nitrogens with zero attached hydrogens (tertiary/aromatic N) is 4. The van der Waals surface area contributed by atoms with E-state index >= 15 is 0 Å². The van der Waals surface area contributed by atoms with E-state index in [0.717, 1.165) is 11.8 Å². The number of aliphatic hydroxyl groups is 1. The van der Waals surface area contributed by atoms with Crippen LogP contribution in [-0.2, 0) is 6.54 Å². The predicted octanol–water partition coefficient (Wildman–Crippen LogP) is 2.03. The minimum absolute atomic E-state index is 0.108. The lowest BCUT2D eigenvalue weighted by atomic mass is 10.0. The highest BCUT2D eigenvalue weighted by atomic mass is 16.3. The minimum atomic E-state index is -0.250. The highest BCUT2D eigenvalue weighted by Gasteiger charge is 2.20. The number of rotatable bonds is 6. The molecule has 0 aliphatic rings. The molecule has 4 N–H and O–H groups in total. The summed E-state index contributed by atoms with van der Waals surface area (Å²) >= 11 is 0. The van der Waals surface area contributed by atoms with Crippen LogP contribution in [-0.4, -0.2) is 36.8 Å². The Balaban J connectivity index is 2.25. The summed E-state index contributed by atoms with van der Waals surface area (Å²) in [6, 6.07) is 3.68. The van der Waals surface area contributed by atoms with Gasteiger partial charge in [0.15, 0.2) is 0 Å². The number of hydrogen-bond donors (Lipinski definition) is 3. The highest BCUT2D eigenvalue weighted by Crippen LogP contribution is 2.28. The number of nitrogens with two attached hydrogens (primary N) is 1. The first-order valence-electron chi connectivity index (χ1n) is 8.86. The van der Waals surface area contributed by atoms with Crippen molar-refractivity contribution in [1.29, 1.82) is 0 Å². The molecule has 0 saturated carbocycles. The van der Waals surface area contributed by atoms with Crippen LogP contribution in [0.1, 0.15) is 27.2 Å². The molecule has 3 aromatic heterocycles. The van der Waals surface area contributed by atoms with Crippen molar-refractivity contribution in [3.05, 3.63) is 41.1 Å². The van der Waals surface area contributed by atoms with E-state index in [2.05, 4.69) is 41.0 Å². The Labute approximate surface area is 157 Å². The Morgan fingerprint density at radius 1 is 1.30 bits per heavy atom. The normalized spacial score (nSPS) is 11.7. The summed E-state index contributed by atoms with van der Waals surface area (Å²) in [4.78, 5) is 25.7. The van der Waals surface area contributed by atoms with Crippen LogP contribution in [0.25, 0.3) is 22.0 Å². The number of nitrogens with one attached hydrogen (secondary N) is 1. The third-order valence-corrected chi connectivity index (χ3v) is 4.61. The van der Waals surface area contributed by atoms with Crippen LogP contribution in [0.15, 0.2) is 35.5 Å². The first-order valence-corrected chi connectivity index (χ1v) is 8.86. The zero-order valence-electron chi connectivity index (χ0n) is 15.7. The second kappa shape index (κ2) is 7.32. The number of hydrogen-bond acceptors (Lipinski definition) is 7. The van der Waals surface area contributed by atoms with Gasteiger partial charge in [-0.3, -0.25) is 4.79 Å². The van der Waals surface area contributed by atoms with Crippen molar-refractivity contribution in [2.45, 2.75) is 39.3 Å². The van der Waals surface area contributed by atoms with Gasteiger partial charge in [0, 0.05) is 36.2 Å². The largest absolute Gasteiger partial charge is 0.395 e. The Bertz CT molecular complexity index is 1010. The smallest absolute Gasteiger partial charge is 0.262 e. The van der Waals surface area contributed by atoms with Gasteiger partial charge in [-0.2, -0.15) is 0 Å². The second-order valence-corrected chi connectivity index (χ2v) is 7.05. The van der Waals surface area contributed by atoms with Gasteiger partial charge in [-0.1, -0.05) is 6.92 Å². The van der Waals surface area contributed by atoms with E-state index in [1.807, 2.05) is 12.1 Å². The molecule has 3 heterocycles. The van der Waals surface area contributed by atoms with Crippen molar-refractivity contribution in [2.75, 3.05) is 17.7 Å². The molecule has 3 rings (SSSR count). The Hall–Kier alpha value is -3.00. The molecular weight excluding hydrogens is 344 g/mol. The van der Waals surface area contributed by atoms with Gasteiger partial charge in [0.1, 0.15) is 5.82 Å². The second-order valence-electron chi connectivity index (χ2n) is 7.05. The van der Waals surface area contributed by atoms with Crippen LogP contribution in [0.4, 0.5) is 11.8 Å². The van der Waals surface area contributed by atoms with Crippen LogP contribution in [0, 0.1) is 0 Å². The van der Waals surface area contributed by atoms with Gasteiger partial charge in [0.2, 0.25) is 5.95 Å². The van der Waals surface area contributed by atoms with E-state index in [-0.39, 0.29) is 30.2 Å². The molecule has 0 bridgehead atoms. The molecule has 3 aromatic rings. The number of fused-ring (bicyclic) bond motifs is 1. The van der Waals surface area contributed by atoms with E-state index in [4.69, 9.17) is 5.73 Å². The molecule has 27 heavy (non-hydrogen) atoms. The number of aliphatic hydroxyl groups excluding tert-OH is 1. The van der Waals surface area contributed by atoms with Crippen molar-refractivity contribution in [1.82, 2.24) is 19.5 Å². The van der Waals surface area contributed by atoms with Gasteiger partial charge >= 0.3 is 0 Å². The summed E-state index contributed by atoms with van der Waals surface area (Å²) in [5.74, 6) is 0.695. The van der Waals surface area contributed by atoms with Gasteiger partial charge in [0.05, 0.1) is 17.7 Å². The third-order valence-electron chi connectivity index (χ3n) is 4.61. The number of nitrogen functional groups attached to an aromatic ring is 1. The zero-order valence-corrected chi connectivity index (χ0v) is 15.7. The van der Waals surface area contributed by atoms with E-state index in [9.17, 15) is 9.90 Å². The van der Waals surface area contributed by atoms with Gasteiger partial charge in [-0.15, -0.1) is 0 Å². The molecular formula is C19H24N6O2. The van der Waals surface area contributed by atoms with E-state index in [1.54, 1.807) is 18.6 Å². The van der Waals surface area contributed by atoms with Crippen molar-refractivity contribution in [3.8, 4) is 11.3 Å². The van der Waals surface area contributed by atoms with Crippen LogP contribution in [0.5, 0.6) is 0 Å². The molecule has 142 valence electrons. The highest BCUT2D eigenvalue weighted by molar-refractivity contribution is 5.94. The van der Waals surface area contributed by atoms with Gasteiger partial charge in [0.25, 0.3) is 5.56 Å². The maximum absolute atomic E-state index is 12.9. The lowest BCUT2D eigenvalue weighted by Crippen LogP contribution is -2.31. The maximum Gasteiger partial charge on any atom is 0.262 e. The molecule has 0 saturated heterocycles. The molecule has 0 unspecified atom stereocenters. The standard InChI is InChI=1S/C19H24N6O2/c1-4-19(2,3)24-16-15-12(5-6-25(7-8-26)17(15)27)9-14(23-16)13-10-21-18(20)22-11-13/h5-6,9-11,26H,4,7-8H2,1-3H3,(H,23,24)(H2,20,21,22). The van der Waals surface area contributed by atoms with Crippen molar-refractivity contribution in [2.24, 2.45) is 0 Å². The molecule has 0 fully saturated rings. The Kier molecular flexibility index (Phi) is 5.09. The summed E-state index contributed by atoms with van der Waals surface area (Å²) in [7, 11) is 0. The van der Waals surface area contributed by atoms with Crippen LogP contribution in [0.2, 0.25) is 0 Å². The number of anilines is 2. The molecule has 0 spiro atoms. The van der Waals surface area contributed by atoms with Gasteiger partial charge < -0.3 is 20.7 Å². The van der Waals surface area contributed by atoms with Crippen LogP contribution >= 0.6 is 0 Å². The predicted molar refractivity (Wildman–Crippen MR) is 107 cm³/mol. The quantitative estimate of drug-likeness (QED) is 0.609. The van der Waals surface area contributed by atoms with Gasteiger partial charge in [-0.25, -0.2) is 15.0 Å². The fourth-order valence-corrected chi connectivity index (χ4v) is 2.70. The fraction of sp³-hybridized carbons (Fsp3) is 0.368. The topological polar surface area (TPSA) is 119 Å². The van der Waals surface area contributed by atoms with E-state index < -0.39 is 0 Å². The monoisotopic (exact) mass is 368 g/mol. The average Bonchev–Trinajstić information content (AvgIpc) is 2.64. The summed E-state index contributed by atoms with van der Waals surface area (Å²) in [6.45, 7) is 6.29. The summed E-state index contributed by atoms with van der Waals surface area (Å²) in [6.07, 6.45) is 5.75. The lowest BCUT2D eigenvalue weighted by Gasteiger charge is -2.26. The molecule has 0 aliphatic carbocycles. The van der Waals surface area contributed by atoms with Crippen LogP contribution in [0.3, 0.4) is 0 Å². The maximum atomic E-state index is 12.9. The first-order chi connectivity index (χ1) is 12.8. The Morgan fingerprint density at radius 2 is 2.00 bits per heavy atom. The minimum Gasteiger partial charge on any atom is -0.395 e. The third kappa shape index (κ3) is 3.90. The summed E-state index contributed by atoms with van der Waals surface area (Å²) in [5, 5.41) is 13.8. The molecule has 0 atom stereocenters. The first kappa shape index (κ1) is 18.8. The Morgan fingerprint density at radius 3 is 2.63 bits per heavy atom. The van der Waals surface area contributed by atoms with Gasteiger partial charge in [-0.05, 0) is 37.8 Å². The van der Waals surface area contributed by atoms with Crippen molar-refractivity contribution < 1.29 is 5.11 Å². The molecule has 0 radical (unpaired) electrons. The van der Waals surface area contributed by atoms with Crippen molar-refractivity contribution >= 4 is 22.5 Å². The van der Waals surface area contributed by atoms with Crippen LogP contribution < -0.4 is 16.6 Å². The molecule has 8 heteroatoms. The number of pyridine rings is 2.